The van der Waals surface area contributed by atoms with Gasteiger partial charge in [0.25, 0.3) is 0 Å². The number of aryl methyl sites for hydroxylation is 1. The Hall–Kier alpha value is -5.42. The summed E-state index contributed by atoms with van der Waals surface area (Å²) in [4.78, 5) is 12.9. The number of nitriles is 1. The molecule has 1 aliphatic rings. The average molecular weight is 619 g/mol. The number of hydrogen-bond acceptors (Lipinski definition) is 8. The number of ether oxygens (including phenoxy) is 5. The molecule has 1 heterocycles. The van der Waals surface area contributed by atoms with Crippen molar-refractivity contribution in [3.63, 3.8) is 0 Å². The average Bonchev–Trinajstić information content (AvgIpc) is 3.06. The molecular formula is C38H38N2O6. The monoisotopic (exact) mass is 618 g/mol. The summed E-state index contributed by atoms with van der Waals surface area (Å²) in [7, 11) is 0. The SMILES string of the molecule is CCCCCOc1ccc(C(=O)Oc2ccc3c(c2)OC(N)=C(C#N)C3c2ccc(OCc3ccc(C)cc3)c(OCC)c2)cc1. The maximum atomic E-state index is 12.9. The summed E-state index contributed by atoms with van der Waals surface area (Å²) in [5.41, 5.74) is 10.6. The van der Waals surface area contributed by atoms with Crippen LogP contribution in [0.2, 0.25) is 0 Å². The predicted octanol–water partition coefficient (Wildman–Crippen LogP) is 7.98. The Morgan fingerprint density at radius 1 is 0.870 bits per heavy atom. The van der Waals surface area contributed by atoms with Crippen LogP contribution in [0, 0.1) is 18.3 Å². The van der Waals surface area contributed by atoms with Gasteiger partial charge in [-0.1, -0.05) is 61.7 Å². The summed E-state index contributed by atoms with van der Waals surface area (Å²) >= 11 is 0. The first-order valence-electron chi connectivity index (χ1n) is 15.5. The van der Waals surface area contributed by atoms with Crippen LogP contribution in [0.3, 0.4) is 0 Å². The van der Waals surface area contributed by atoms with Gasteiger partial charge in [0.15, 0.2) is 11.5 Å². The second kappa shape index (κ2) is 15.0. The quantitative estimate of drug-likeness (QED) is 0.0912. The number of carbonyl (C=O) groups excluding carboxylic acids is 1. The highest BCUT2D eigenvalue weighted by Gasteiger charge is 2.32. The minimum Gasteiger partial charge on any atom is -0.494 e. The van der Waals surface area contributed by atoms with Gasteiger partial charge >= 0.3 is 5.97 Å². The fourth-order valence-corrected chi connectivity index (χ4v) is 5.17. The van der Waals surface area contributed by atoms with Crippen molar-refractivity contribution in [2.24, 2.45) is 5.73 Å². The van der Waals surface area contributed by atoms with Gasteiger partial charge in [-0.3, -0.25) is 0 Å². The summed E-state index contributed by atoms with van der Waals surface area (Å²) in [6, 6.07) is 27.9. The molecule has 0 radical (unpaired) electrons. The number of nitrogens with two attached hydrogens (primary N) is 1. The zero-order valence-electron chi connectivity index (χ0n) is 26.4. The number of hydrogen-bond donors (Lipinski definition) is 1. The summed E-state index contributed by atoms with van der Waals surface area (Å²) in [6.45, 7) is 7.54. The molecule has 46 heavy (non-hydrogen) atoms. The number of unbranched alkanes of at least 4 members (excludes halogenated alkanes) is 2. The van der Waals surface area contributed by atoms with Crippen LogP contribution in [0.15, 0.2) is 96.4 Å². The topological polar surface area (TPSA) is 113 Å². The summed E-state index contributed by atoms with van der Waals surface area (Å²) < 4.78 is 29.3. The van der Waals surface area contributed by atoms with E-state index < -0.39 is 11.9 Å². The molecule has 0 aliphatic carbocycles. The lowest BCUT2D eigenvalue weighted by atomic mass is 9.83. The van der Waals surface area contributed by atoms with Gasteiger partial charge in [0.05, 0.1) is 24.7 Å². The molecule has 2 N–H and O–H groups in total. The third kappa shape index (κ3) is 7.62. The molecule has 0 saturated carbocycles. The summed E-state index contributed by atoms with van der Waals surface area (Å²) in [5.74, 6) is 1.45. The van der Waals surface area contributed by atoms with E-state index in [9.17, 15) is 10.1 Å². The lowest BCUT2D eigenvalue weighted by molar-refractivity contribution is 0.0734. The Morgan fingerprint density at radius 3 is 2.35 bits per heavy atom. The van der Waals surface area contributed by atoms with Crippen LogP contribution < -0.4 is 29.4 Å². The largest absolute Gasteiger partial charge is 0.494 e. The van der Waals surface area contributed by atoms with E-state index in [1.807, 2.05) is 56.3 Å². The molecule has 0 amide bonds. The van der Waals surface area contributed by atoms with Crippen LogP contribution in [-0.2, 0) is 6.61 Å². The maximum Gasteiger partial charge on any atom is 0.343 e. The molecule has 1 atom stereocenters. The van der Waals surface area contributed by atoms with Gasteiger partial charge in [-0.25, -0.2) is 4.79 Å². The van der Waals surface area contributed by atoms with Crippen molar-refractivity contribution >= 4 is 5.97 Å². The Kier molecular flexibility index (Phi) is 10.5. The second-order valence-corrected chi connectivity index (χ2v) is 11.0. The standard InChI is InChI=1S/C38H38N2O6/c1-4-6-7-20-43-29-15-12-27(13-16-29)38(41)45-30-17-18-31-34(22-30)46-37(40)32(23-39)36(31)28-14-19-33(35(21-28)42-5-2)44-24-26-10-8-25(3)9-11-26/h8-19,21-22,36H,4-7,20,24,40H2,1-3H3. The van der Waals surface area contributed by atoms with E-state index in [2.05, 4.69) is 13.0 Å². The number of benzene rings is 4. The van der Waals surface area contributed by atoms with Crippen molar-refractivity contribution in [1.29, 1.82) is 5.26 Å². The molecule has 8 heteroatoms. The summed E-state index contributed by atoms with van der Waals surface area (Å²) in [5, 5.41) is 10.1. The van der Waals surface area contributed by atoms with E-state index >= 15 is 0 Å². The maximum absolute atomic E-state index is 12.9. The highest BCUT2D eigenvalue weighted by atomic mass is 16.5. The highest BCUT2D eigenvalue weighted by Crippen LogP contribution is 2.45. The van der Waals surface area contributed by atoms with Crippen molar-refractivity contribution in [3.05, 3.63) is 124 Å². The molecule has 0 bridgehead atoms. The molecule has 4 aromatic carbocycles. The van der Waals surface area contributed by atoms with Crippen LogP contribution in [-0.4, -0.2) is 19.2 Å². The van der Waals surface area contributed by atoms with Crippen molar-refractivity contribution < 1.29 is 28.5 Å². The molecule has 5 rings (SSSR count). The third-order valence-corrected chi connectivity index (χ3v) is 7.62. The highest BCUT2D eigenvalue weighted by molar-refractivity contribution is 5.91. The van der Waals surface area contributed by atoms with E-state index in [-0.39, 0.29) is 17.2 Å². The van der Waals surface area contributed by atoms with Crippen LogP contribution in [0.5, 0.6) is 28.7 Å². The molecule has 1 unspecified atom stereocenters. The Labute approximate surface area is 269 Å². The fourth-order valence-electron chi connectivity index (χ4n) is 5.17. The Balaban J connectivity index is 1.35. The van der Waals surface area contributed by atoms with Gasteiger partial charge in [0.2, 0.25) is 5.88 Å². The lowest BCUT2D eigenvalue weighted by Crippen LogP contribution is -2.21. The number of carbonyl (C=O) groups is 1. The Morgan fingerprint density at radius 2 is 1.63 bits per heavy atom. The van der Waals surface area contributed by atoms with Crippen molar-refractivity contribution in [3.8, 4) is 34.8 Å². The first-order chi connectivity index (χ1) is 22.4. The lowest BCUT2D eigenvalue weighted by Gasteiger charge is -2.27. The van der Waals surface area contributed by atoms with Crippen molar-refractivity contribution in [2.75, 3.05) is 13.2 Å². The van der Waals surface area contributed by atoms with Gasteiger partial charge in [-0.2, -0.15) is 5.26 Å². The number of rotatable bonds is 13. The van der Waals surface area contributed by atoms with Crippen molar-refractivity contribution in [1.82, 2.24) is 0 Å². The predicted molar refractivity (Wildman–Crippen MR) is 175 cm³/mol. The van der Waals surface area contributed by atoms with Crippen LogP contribution in [0.1, 0.15) is 71.6 Å². The van der Waals surface area contributed by atoms with Crippen LogP contribution in [0.4, 0.5) is 0 Å². The molecule has 0 aromatic heterocycles. The second-order valence-electron chi connectivity index (χ2n) is 11.0. The van der Waals surface area contributed by atoms with Crippen LogP contribution in [0.25, 0.3) is 0 Å². The number of fused-ring (bicyclic) bond motifs is 1. The van der Waals surface area contributed by atoms with Gasteiger partial charge in [-0.05, 0) is 73.9 Å². The van der Waals surface area contributed by atoms with E-state index in [1.54, 1.807) is 42.5 Å². The molecule has 4 aromatic rings. The van der Waals surface area contributed by atoms with E-state index in [0.29, 0.717) is 53.9 Å². The van der Waals surface area contributed by atoms with E-state index in [1.165, 1.54) is 5.56 Å². The smallest absolute Gasteiger partial charge is 0.343 e. The molecule has 8 nitrogen and oxygen atoms in total. The zero-order chi connectivity index (χ0) is 32.5. The first-order valence-corrected chi connectivity index (χ1v) is 15.5. The fraction of sp³-hybridized carbons (Fsp3) is 0.263. The van der Waals surface area contributed by atoms with E-state index in [0.717, 1.165) is 30.4 Å². The molecule has 1 aliphatic heterocycles. The van der Waals surface area contributed by atoms with Gasteiger partial charge in [0.1, 0.15) is 35.5 Å². The molecule has 236 valence electrons. The number of nitrogens with zero attached hydrogens (tertiary/aromatic N) is 1. The number of allylic oxidation sites excluding steroid dienone is 1. The van der Waals surface area contributed by atoms with Gasteiger partial charge in [0, 0.05) is 11.6 Å². The minimum absolute atomic E-state index is 0.0179. The Bertz CT molecular complexity index is 1740. The molecular weight excluding hydrogens is 580 g/mol. The number of esters is 1. The molecule has 0 spiro atoms. The summed E-state index contributed by atoms with van der Waals surface area (Å²) in [6.07, 6.45) is 3.22. The third-order valence-electron chi connectivity index (χ3n) is 7.62. The van der Waals surface area contributed by atoms with E-state index in [4.69, 9.17) is 29.4 Å². The molecule has 0 saturated heterocycles. The zero-order valence-corrected chi connectivity index (χ0v) is 26.4. The normalized spacial score (nSPS) is 13.7. The van der Waals surface area contributed by atoms with Crippen LogP contribution >= 0.6 is 0 Å². The van der Waals surface area contributed by atoms with Crippen molar-refractivity contribution in [2.45, 2.75) is 52.6 Å². The minimum atomic E-state index is -0.534. The first kappa shape index (κ1) is 32.0. The molecule has 0 fully saturated rings. The van der Waals surface area contributed by atoms with Gasteiger partial charge in [-0.15, -0.1) is 0 Å². The van der Waals surface area contributed by atoms with Gasteiger partial charge < -0.3 is 29.4 Å².